The topological polar surface area (TPSA) is 79.0 Å². The normalized spacial score (nSPS) is 20.3. The molecule has 2 aliphatic rings. The molecule has 7 nitrogen and oxygen atoms in total. The number of nitrogens with one attached hydrogen (secondary N) is 1. The van der Waals surface area contributed by atoms with Gasteiger partial charge in [0.1, 0.15) is 5.60 Å². The Hall–Kier alpha value is -3.35. The predicted molar refractivity (Wildman–Crippen MR) is 168 cm³/mol. The van der Waals surface area contributed by atoms with Gasteiger partial charge in [0.25, 0.3) is 5.91 Å². The van der Waals surface area contributed by atoms with Gasteiger partial charge in [-0.3, -0.25) is 9.59 Å². The lowest BCUT2D eigenvalue weighted by Gasteiger charge is -2.47. The highest BCUT2D eigenvalue weighted by molar-refractivity contribution is 5.99. The summed E-state index contributed by atoms with van der Waals surface area (Å²) < 4.78 is 5.62. The molecule has 0 unspecified atom stereocenters. The molecular formula is C35H49N3O4. The predicted octanol–water partition coefficient (Wildman–Crippen LogP) is 7.11. The zero-order chi connectivity index (χ0) is 30.8. The summed E-state index contributed by atoms with van der Waals surface area (Å²) in [5.74, 6) is -0.297. The van der Waals surface area contributed by atoms with E-state index in [2.05, 4.69) is 38.2 Å². The number of piperidine rings is 2. The van der Waals surface area contributed by atoms with Crippen molar-refractivity contribution < 1.29 is 19.1 Å². The third-order valence-electron chi connectivity index (χ3n) is 8.65. The van der Waals surface area contributed by atoms with Crippen LogP contribution in [0.3, 0.4) is 0 Å². The number of ether oxygens (including phenoxy) is 1. The van der Waals surface area contributed by atoms with Gasteiger partial charge in [-0.25, -0.2) is 4.79 Å². The quantitative estimate of drug-likeness (QED) is 0.422. The van der Waals surface area contributed by atoms with E-state index < -0.39 is 5.60 Å². The molecule has 7 heteroatoms. The Bertz CT molecular complexity index is 1280. The van der Waals surface area contributed by atoms with Gasteiger partial charge < -0.3 is 19.9 Å². The molecule has 2 heterocycles. The molecule has 0 saturated carbocycles. The number of anilines is 1. The average molecular weight is 576 g/mol. The highest BCUT2D eigenvalue weighted by Crippen LogP contribution is 2.37. The summed E-state index contributed by atoms with van der Waals surface area (Å²) in [5.41, 5.74) is 3.97. The molecule has 2 fully saturated rings. The third-order valence-corrected chi connectivity index (χ3v) is 8.65. The molecule has 1 N–H and O–H groups in total. The van der Waals surface area contributed by atoms with Crippen molar-refractivity contribution in [3.63, 3.8) is 0 Å². The molecule has 4 rings (SSSR count). The Labute approximate surface area is 252 Å². The number of carbonyl (C=O) groups is 3. The summed E-state index contributed by atoms with van der Waals surface area (Å²) in [5, 5.41) is 3.21. The van der Waals surface area contributed by atoms with Gasteiger partial charge in [0, 0.05) is 36.9 Å². The number of aryl methyl sites for hydroxylation is 2. The lowest BCUT2D eigenvalue weighted by molar-refractivity contribution is -0.124. The molecule has 2 saturated heterocycles. The van der Waals surface area contributed by atoms with Crippen LogP contribution in [0.5, 0.6) is 0 Å². The van der Waals surface area contributed by atoms with Crippen molar-refractivity contribution in [1.82, 2.24) is 9.80 Å². The molecular weight excluding hydrogens is 526 g/mol. The van der Waals surface area contributed by atoms with Crippen molar-refractivity contribution in [2.75, 3.05) is 25.0 Å². The number of carbonyl (C=O) groups excluding carboxylic acids is 3. The zero-order valence-corrected chi connectivity index (χ0v) is 26.8. The van der Waals surface area contributed by atoms with E-state index in [1.54, 1.807) is 4.90 Å². The summed E-state index contributed by atoms with van der Waals surface area (Å²) in [6.07, 6.45) is 2.61. The van der Waals surface area contributed by atoms with Crippen LogP contribution in [0, 0.1) is 25.7 Å². The first-order valence-corrected chi connectivity index (χ1v) is 15.4. The number of amides is 3. The zero-order valence-electron chi connectivity index (χ0n) is 26.8. The molecule has 0 radical (unpaired) electrons. The third kappa shape index (κ3) is 7.34. The SMILES string of the molecule is Cc1cccc(C)c1C(=O)N1CCC[C@H](C(=O)Nc2cccc(C(C)(C)C)c2)[C@@H]1C1CCN(C(=O)OC(C)(C)C)CC1. The van der Waals surface area contributed by atoms with Crippen LogP contribution in [0.15, 0.2) is 42.5 Å². The van der Waals surface area contributed by atoms with Gasteiger partial charge >= 0.3 is 6.09 Å². The van der Waals surface area contributed by atoms with Gasteiger partial charge in [0.2, 0.25) is 5.91 Å². The first-order chi connectivity index (χ1) is 19.7. The minimum absolute atomic E-state index is 0.00241. The fourth-order valence-corrected chi connectivity index (χ4v) is 6.47. The number of hydrogen-bond acceptors (Lipinski definition) is 4. The first kappa shape index (κ1) is 31.6. The lowest BCUT2D eigenvalue weighted by atomic mass is 9.76. The van der Waals surface area contributed by atoms with Gasteiger partial charge in [-0.1, -0.05) is 51.1 Å². The number of likely N-dealkylation sites (tertiary alicyclic amines) is 2. The maximum Gasteiger partial charge on any atom is 0.410 e. The van der Waals surface area contributed by atoms with Gasteiger partial charge in [-0.15, -0.1) is 0 Å². The smallest absolute Gasteiger partial charge is 0.410 e. The van der Waals surface area contributed by atoms with E-state index in [-0.39, 0.29) is 41.2 Å². The van der Waals surface area contributed by atoms with E-state index >= 15 is 0 Å². The maximum atomic E-state index is 14.2. The second-order valence-corrected chi connectivity index (χ2v) is 14.1. The Balaban J connectivity index is 1.62. The first-order valence-electron chi connectivity index (χ1n) is 15.4. The van der Waals surface area contributed by atoms with Crippen molar-refractivity contribution in [3.05, 3.63) is 64.7 Å². The number of rotatable bonds is 4. The lowest BCUT2D eigenvalue weighted by Crippen LogP contribution is -2.57. The highest BCUT2D eigenvalue weighted by atomic mass is 16.6. The molecule has 2 atom stereocenters. The monoisotopic (exact) mass is 575 g/mol. The standard InChI is InChI=1S/C35H49N3O4/c1-23-12-9-13-24(2)29(23)32(40)38-19-11-16-28(31(39)36-27-15-10-14-26(22-27)34(3,4)5)30(38)25-17-20-37(21-18-25)33(41)42-35(6,7)8/h9-10,12-15,22,25,28,30H,11,16-21H2,1-8H3,(H,36,39)/t28-,30-/m0/s1. The van der Waals surface area contributed by atoms with Crippen LogP contribution < -0.4 is 5.32 Å². The van der Waals surface area contributed by atoms with Crippen LogP contribution in [0.25, 0.3) is 0 Å². The summed E-state index contributed by atoms with van der Waals surface area (Å²) in [6, 6.07) is 13.7. The Morgan fingerprint density at radius 1 is 0.857 bits per heavy atom. The summed E-state index contributed by atoms with van der Waals surface area (Å²) in [6.45, 7) is 17.8. The maximum absolute atomic E-state index is 14.2. The second-order valence-electron chi connectivity index (χ2n) is 14.1. The second kappa shape index (κ2) is 12.5. The van der Waals surface area contributed by atoms with Crippen LogP contribution in [0.1, 0.15) is 94.3 Å². The Kier molecular flexibility index (Phi) is 9.39. The van der Waals surface area contributed by atoms with E-state index in [9.17, 15) is 14.4 Å². The van der Waals surface area contributed by atoms with Gasteiger partial charge in [-0.2, -0.15) is 0 Å². The highest BCUT2D eigenvalue weighted by Gasteiger charge is 2.44. The van der Waals surface area contributed by atoms with E-state index in [0.717, 1.165) is 40.8 Å². The van der Waals surface area contributed by atoms with Gasteiger partial charge in [-0.05, 0) is 100 Å². The molecule has 0 aliphatic carbocycles. The molecule has 228 valence electrons. The van der Waals surface area contributed by atoms with Crippen molar-refractivity contribution in [3.8, 4) is 0 Å². The van der Waals surface area contributed by atoms with Gasteiger partial charge in [0.05, 0.1) is 5.92 Å². The van der Waals surface area contributed by atoms with Crippen LogP contribution in [-0.2, 0) is 14.9 Å². The fraction of sp³-hybridized carbons (Fsp3) is 0.571. The molecule has 0 spiro atoms. The largest absolute Gasteiger partial charge is 0.444 e. The summed E-state index contributed by atoms with van der Waals surface area (Å²) in [4.78, 5) is 44.7. The minimum atomic E-state index is -0.556. The van der Waals surface area contributed by atoms with E-state index in [1.807, 2.05) is 69.9 Å². The molecule has 2 aromatic rings. The molecule has 3 amide bonds. The summed E-state index contributed by atoms with van der Waals surface area (Å²) >= 11 is 0. The Morgan fingerprint density at radius 3 is 2.07 bits per heavy atom. The van der Waals surface area contributed by atoms with E-state index in [4.69, 9.17) is 4.74 Å². The Morgan fingerprint density at radius 2 is 1.48 bits per heavy atom. The van der Waals surface area contributed by atoms with Crippen molar-refractivity contribution in [1.29, 1.82) is 0 Å². The minimum Gasteiger partial charge on any atom is -0.444 e. The van der Waals surface area contributed by atoms with Crippen LogP contribution in [-0.4, -0.2) is 59.0 Å². The van der Waals surface area contributed by atoms with Crippen molar-refractivity contribution >= 4 is 23.6 Å². The van der Waals surface area contributed by atoms with Crippen molar-refractivity contribution in [2.24, 2.45) is 11.8 Å². The number of nitrogens with zero attached hydrogens (tertiary/aromatic N) is 2. The van der Waals surface area contributed by atoms with Crippen LogP contribution in [0.4, 0.5) is 10.5 Å². The molecule has 42 heavy (non-hydrogen) atoms. The number of benzene rings is 2. The van der Waals surface area contributed by atoms with Crippen LogP contribution in [0.2, 0.25) is 0 Å². The molecule has 2 aliphatic heterocycles. The van der Waals surface area contributed by atoms with Crippen LogP contribution >= 0.6 is 0 Å². The van der Waals surface area contributed by atoms with Crippen molar-refractivity contribution in [2.45, 2.75) is 98.1 Å². The summed E-state index contributed by atoms with van der Waals surface area (Å²) in [7, 11) is 0. The molecule has 0 bridgehead atoms. The van der Waals surface area contributed by atoms with E-state index in [0.29, 0.717) is 32.5 Å². The molecule has 0 aromatic heterocycles. The molecule has 2 aromatic carbocycles. The number of hydrogen-bond donors (Lipinski definition) is 1. The average Bonchev–Trinajstić information content (AvgIpc) is 2.91. The van der Waals surface area contributed by atoms with E-state index in [1.165, 1.54) is 0 Å². The fourth-order valence-electron chi connectivity index (χ4n) is 6.47. The van der Waals surface area contributed by atoms with Gasteiger partial charge in [0.15, 0.2) is 0 Å².